The number of benzene rings is 2. The SMILES string of the molecule is c1ccc(CC2[C@@H]3CC[C@H]2CN(c2ccccc2)C3)cc1. The molecule has 1 aliphatic carbocycles. The number of nitrogens with zero attached hydrogens (tertiary/aromatic N) is 1. The number of anilines is 1. The third kappa shape index (κ3) is 2.57. The number of hydrogen-bond donors (Lipinski definition) is 0. The molecule has 2 bridgehead atoms. The summed E-state index contributed by atoms with van der Waals surface area (Å²) in [7, 11) is 0. The van der Waals surface area contributed by atoms with Gasteiger partial charge < -0.3 is 4.90 Å². The van der Waals surface area contributed by atoms with Crippen LogP contribution in [0.25, 0.3) is 0 Å². The van der Waals surface area contributed by atoms with E-state index in [1.165, 1.54) is 43.6 Å². The van der Waals surface area contributed by atoms with Gasteiger partial charge in [0.05, 0.1) is 0 Å². The largest absolute Gasteiger partial charge is 0.371 e. The Balaban J connectivity index is 1.49. The van der Waals surface area contributed by atoms with E-state index in [0.717, 1.165) is 17.8 Å². The highest BCUT2D eigenvalue weighted by Crippen LogP contribution is 2.44. The van der Waals surface area contributed by atoms with E-state index in [-0.39, 0.29) is 0 Å². The van der Waals surface area contributed by atoms with Crippen LogP contribution in [0.3, 0.4) is 0 Å². The van der Waals surface area contributed by atoms with E-state index in [2.05, 4.69) is 65.6 Å². The lowest BCUT2D eigenvalue weighted by Gasteiger charge is -2.39. The Bertz CT molecular complexity index is 563. The van der Waals surface area contributed by atoms with Crippen LogP contribution in [0.2, 0.25) is 0 Å². The summed E-state index contributed by atoms with van der Waals surface area (Å²) in [5.41, 5.74) is 2.93. The van der Waals surface area contributed by atoms with Crippen molar-refractivity contribution >= 4 is 5.69 Å². The number of hydrogen-bond acceptors (Lipinski definition) is 1. The van der Waals surface area contributed by atoms with Crippen molar-refractivity contribution in [2.75, 3.05) is 18.0 Å². The van der Waals surface area contributed by atoms with Gasteiger partial charge in [-0.3, -0.25) is 0 Å². The third-order valence-electron chi connectivity index (χ3n) is 5.46. The van der Waals surface area contributed by atoms with Crippen LogP contribution in [-0.4, -0.2) is 13.1 Å². The second-order valence-corrected chi connectivity index (χ2v) is 6.69. The molecule has 108 valence electrons. The molecule has 2 aromatic rings. The van der Waals surface area contributed by atoms with Crippen molar-refractivity contribution in [2.24, 2.45) is 17.8 Å². The van der Waals surface area contributed by atoms with Crippen molar-refractivity contribution in [2.45, 2.75) is 19.3 Å². The van der Waals surface area contributed by atoms with Crippen LogP contribution >= 0.6 is 0 Å². The second-order valence-electron chi connectivity index (χ2n) is 6.69. The molecule has 0 radical (unpaired) electrons. The average molecular weight is 277 g/mol. The number of para-hydroxylation sites is 1. The minimum atomic E-state index is 0.879. The molecule has 1 aliphatic heterocycles. The van der Waals surface area contributed by atoms with Crippen molar-refractivity contribution in [1.29, 1.82) is 0 Å². The zero-order valence-electron chi connectivity index (χ0n) is 12.5. The average Bonchev–Trinajstić information content (AvgIpc) is 2.78. The lowest BCUT2D eigenvalue weighted by atomic mass is 9.80. The Morgan fingerprint density at radius 2 is 1.33 bits per heavy atom. The molecule has 2 fully saturated rings. The summed E-state index contributed by atoms with van der Waals surface area (Å²) in [5.74, 6) is 2.65. The quantitative estimate of drug-likeness (QED) is 0.804. The molecule has 1 heteroatoms. The molecule has 2 aliphatic rings. The van der Waals surface area contributed by atoms with Crippen LogP contribution in [0.1, 0.15) is 18.4 Å². The van der Waals surface area contributed by atoms with Gasteiger partial charge in [-0.2, -0.15) is 0 Å². The van der Waals surface area contributed by atoms with Crippen LogP contribution in [0.5, 0.6) is 0 Å². The van der Waals surface area contributed by atoms with Gasteiger partial charge in [-0.05, 0) is 54.7 Å². The molecule has 21 heavy (non-hydrogen) atoms. The van der Waals surface area contributed by atoms with Gasteiger partial charge in [0.1, 0.15) is 0 Å². The molecule has 3 atom stereocenters. The van der Waals surface area contributed by atoms with Gasteiger partial charge in [0, 0.05) is 18.8 Å². The van der Waals surface area contributed by atoms with E-state index < -0.39 is 0 Å². The summed E-state index contributed by atoms with van der Waals surface area (Å²) < 4.78 is 0. The summed E-state index contributed by atoms with van der Waals surface area (Å²) in [6, 6.07) is 22.0. The monoisotopic (exact) mass is 277 g/mol. The molecular formula is C20H23N. The topological polar surface area (TPSA) is 3.24 Å². The molecule has 1 heterocycles. The maximum Gasteiger partial charge on any atom is 0.0366 e. The number of piperidine rings is 1. The van der Waals surface area contributed by atoms with Crippen LogP contribution < -0.4 is 4.90 Å². The second kappa shape index (κ2) is 5.55. The predicted molar refractivity (Wildman–Crippen MR) is 88.5 cm³/mol. The van der Waals surface area contributed by atoms with Gasteiger partial charge in [0.25, 0.3) is 0 Å². The maximum absolute atomic E-state index is 2.61. The molecule has 0 N–H and O–H groups in total. The highest BCUT2D eigenvalue weighted by molar-refractivity contribution is 5.47. The fourth-order valence-corrected chi connectivity index (χ4v) is 4.40. The van der Waals surface area contributed by atoms with Gasteiger partial charge in [0.15, 0.2) is 0 Å². The van der Waals surface area contributed by atoms with Crippen molar-refractivity contribution in [1.82, 2.24) is 0 Å². The Hall–Kier alpha value is -1.76. The smallest absolute Gasteiger partial charge is 0.0366 e. The van der Waals surface area contributed by atoms with E-state index in [1.807, 2.05) is 0 Å². The summed E-state index contributed by atoms with van der Waals surface area (Å²) in [6.07, 6.45) is 4.12. The molecule has 2 aromatic carbocycles. The number of fused-ring (bicyclic) bond motifs is 2. The molecule has 0 spiro atoms. The lowest BCUT2D eigenvalue weighted by Crippen LogP contribution is -2.42. The van der Waals surface area contributed by atoms with E-state index in [9.17, 15) is 0 Å². The molecule has 4 rings (SSSR count). The summed E-state index contributed by atoms with van der Waals surface area (Å²) in [5, 5.41) is 0. The van der Waals surface area contributed by atoms with Gasteiger partial charge in [0.2, 0.25) is 0 Å². The van der Waals surface area contributed by atoms with Crippen LogP contribution in [0.4, 0.5) is 5.69 Å². The minimum Gasteiger partial charge on any atom is -0.371 e. The van der Waals surface area contributed by atoms with Crippen LogP contribution in [0.15, 0.2) is 60.7 Å². The standard InChI is InChI=1S/C20H23N/c1-3-7-16(8-4-1)13-20-17-11-12-18(20)15-21(14-17)19-9-5-2-6-10-19/h1-10,17-18,20H,11-15H2/t17-,18+,20?. The Kier molecular flexibility index (Phi) is 3.42. The summed E-state index contributed by atoms with van der Waals surface area (Å²) in [6.45, 7) is 2.50. The van der Waals surface area contributed by atoms with Crippen molar-refractivity contribution in [3.63, 3.8) is 0 Å². The van der Waals surface area contributed by atoms with Crippen LogP contribution in [-0.2, 0) is 6.42 Å². The van der Waals surface area contributed by atoms with Crippen molar-refractivity contribution < 1.29 is 0 Å². The molecular weight excluding hydrogens is 254 g/mol. The predicted octanol–water partition coefficient (Wildman–Crippen LogP) is 4.39. The third-order valence-corrected chi connectivity index (χ3v) is 5.46. The van der Waals surface area contributed by atoms with Crippen molar-refractivity contribution in [3.05, 3.63) is 66.2 Å². The first kappa shape index (κ1) is 12.9. The van der Waals surface area contributed by atoms with E-state index in [1.54, 1.807) is 0 Å². The zero-order valence-corrected chi connectivity index (χ0v) is 12.5. The minimum absolute atomic E-state index is 0.879. The Morgan fingerprint density at radius 3 is 1.95 bits per heavy atom. The highest BCUT2D eigenvalue weighted by atomic mass is 15.1. The van der Waals surface area contributed by atoms with Gasteiger partial charge in [-0.1, -0.05) is 48.5 Å². The molecule has 1 saturated heterocycles. The fourth-order valence-electron chi connectivity index (χ4n) is 4.40. The highest BCUT2D eigenvalue weighted by Gasteiger charge is 2.41. The molecule has 1 unspecified atom stereocenters. The molecule has 1 saturated carbocycles. The molecule has 0 aromatic heterocycles. The van der Waals surface area contributed by atoms with E-state index >= 15 is 0 Å². The van der Waals surface area contributed by atoms with E-state index in [0.29, 0.717) is 0 Å². The van der Waals surface area contributed by atoms with Gasteiger partial charge in [-0.25, -0.2) is 0 Å². The fraction of sp³-hybridized carbons (Fsp3) is 0.400. The first-order valence-corrected chi connectivity index (χ1v) is 8.24. The van der Waals surface area contributed by atoms with Crippen LogP contribution in [0, 0.1) is 17.8 Å². The zero-order chi connectivity index (χ0) is 14.1. The summed E-state index contributed by atoms with van der Waals surface area (Å²) >= 11 is 0. The van der Waals surface area contributed by atoms with E-state index in [4.69, 9.17) is 0 Å². The Morgan fingerprint density at radius 1 is 0.762 bits per heavy atom. The first-order chi connectivity index (χ1) is 10.4. The van der Waals surface area contributed by atoms with Gasteiger partial charge >= 0.3 is 0 Å². The number of rotatable bonds is 3. The lowest BCUT2D eigenvalue weighted by molar-refractivity contribution is 0.269. The van der Waals surface area contributed by atoms with Gasteiger partial charge in [-0.15, -0.1) is 0 Å². The maximum atomic E-state index is 2.61. The molecule has 0 amide bonds. The first-order valence-electron chi connectivity index (χ1n) is 8.24. The molecule has 1 nitrogen and oxygen atoms in total. The normalized spacial score (nSPS) is 27.8. The summed E-state index contributed by atoms with van der Waals surface area (Å²) in [4.78, 5) is 2.61. The van der Waals surface area contributed by atoms with Crippen molar-refractivity contribution in [3.8, 4) is 0 Å². The Labute approximate surface area is 127 Å².